The van der Waals surface area contributed by atoms with E-state index in [4.69, 9.17) is 5.11 Å². The number of rotatable bonds is 2. The molecule has 84 valence electrons. The molecule has 6 nitrogen and oxygen atoms in total. The van der Waals surface area contributed by atoms with Crippen molar-refractivity contribution in [2.24, 2.45) is 0 Å². The van der Waals surface area contributed by atoms with Crippen molar-refractivity contribution < 1.29 is 29.6 Å². The second kappa shape index (κ2) is 4.52. The number of ether oxygens (including phenoxy) is 1. The number of esters is 1. The number of carbonyl (C=O) groups excluding carboxylic acids is 2. The van der Waals surface area contributed by atoms with E-state index in [2.05, 4.69) is 4.74 Å². The molecule has 1 rings (SSSR count). The van der Waals surface area contributed by atoms with Crippen molar-refractivity contribution >= 4 is 11.8 Å². The minimum atomic E-state index is -1.49. The molecule has 0 aromatic rings. The largest absolute Gasteiger partial charge is 0.451 e. The Hall–Kier alpha value is -1.24. The van der Waals surface area contributed by atoms with Crippen molar-refractivity contribution in [2.45, 2.75) is 25.2 Å². The summed E-state index contributed by atoms with van der Waals surface area (Å²) in [5.74, 6) is -1.43. The number of aliphatic hydroxyl groups is 3. The molecule has 0 aromatic heterocycles. The second-order valence-corrected chi connectivity index (χ2v) is 3.23. The van der Waals surface area contributed by atoms with Gasteiger partial charge in [-0.15, -0.1) is 0 Å². The number of aliphatic hydroxyl groups excluding tert-OH is 3. The average Bonchev–Trinajstić information content (AvgIpc) is 2.18. The summed E-state index contributed by atoms with van der Waals surface area (Å²) in [4.78, 5) is 22.1. The van der Waals surface area contributed by atoms with Crippen molar-refractivity contribution in [2.75, 3.05) is 6.61 Å². The molecule has 0 fully saturated rings. The summed E-state index contributed by atoms with van der Waals surface area (Å²) in [7, 11) is 0. The van der Waals surface area contributed by atoms with Crippen molar-refractivity contribution in [3.63, 3.8) is 0 Å². The monoisotopic (exact) mass is 216 g/mol. The van der Waals surface area contributed by atoms with Gasteiger partial charge in [0.15, 0.2) is 6.10 Å². The van der Waals surface area contributed by atoms with Crippen LogP contribution in [0.4, 0.5) is 0 Å². The molecule has 0 unspecified atom stereocenters. The fourth-order valence-corrected chi connectivity index (χ4v) is 1.34. The zero-order chi connectivity index (χ0) is 11.6. The fourth-order valence-electron chi connectivity index (χ4n) is 1.34. The Morgan fingerprint density at radius 2 is 2.13 bits per heavy atom. The first-order valence-electron chi connectivity index (χ1n) is 4.36. The van der Waals surface area contributed by atoms with Crippen LogP contribution in [0.15, 0.2) is 11.6 Å². The van der Waals surface area contributed by atoms with Crippen LogP contribution in [0.1, 0.15) is 6.92 Å². The summed E-state index contributed by atoms with van der Waals surface area (Å²) in [5.41, 5.74) is -0.0703. The van der Waals surface area contributed by atoms with Crippen LogP contribution in [0.2, 0.25) is 0 Å². The van der Waals surface area contributed by atoms with Crippen molar-refractivity contribution in [1.82, 2.24) is 0 Å². The van der Waals surface area contributed by atoms with E-state index in [9.17, 15) is 19.8 Å². The van der Waals surface area contributed by atoms with Crippen LogP contribution in [0.3, 0.4) is 0 Å². The SMILES string of the molecule is CC(=O)O[C@H]1C(=O)C(CO)=C[C@H](O)[C@@H]1O. The highest BCUT2D eigenvalue weighted by Gasteiger charge is 2.39. The molecular weight excluding hydrogens is 204 g/mol. The summed E-state index contributed by atoms with van der Waals surface area (Å²) < 4.78 is 4.57. The Labute approximate surface area is 85.8 Å². The average molecular weight is 216 g/mol. The number of Topliss-reactive ketones (excluding diaryl/α,β-unsaturated/α-hetero) is 1. The smallest absolute Gasteiger partial charge is 0.303 e. The standard InChI is InChI=1S/C9H12O6/c1-4(11)15-9-7(13)5(3-10)2-6(12)8(9)14/h2,6,8-10,12,14H,3H2,1H3/t6-,8-,9-/m0/s1. The molecule has 3 N–H and O–H groups in total. The van der Waals surface area contributed by atoms with Gasteiger partial charge in [-0.3, -0.25) is 9.59 Å². The number of hydrogen-bond acceptors (Lipinski definition) is 6. The number of hydrogen-bond donors (Lipinski definition) is 3. The van der Waals surface area contributed by atoms with Crippen molar-refractivity contribution in [1.29, 1.82) is 0 Å². The van der Waals surface area contributed by atoms with Gasteiger partial charge in [0.05, 0.1) is 6.61 Å². The van der Waals surface area contributed by atoms with E-state index in [-0.39, 0.29) is 5.57 Å². The molecule has 0 spiro atoms. The minimum Gasteiger partial charge on any atom is -0.451 e. The van der Waals surface area contributed by atoms with Gasteiger partial charge in [0.1, 0.15) is 12.2 Å². The third-order valence-corrected chi connectivity index (χ3v) is 2.07. The van der Waals surface area contributed by atoms with Crippen molar-refractivity contribution in [3.05, 3.63) is 11.6 Å². The Morgan fingerprint density at radius 3 is 2.60 bits per heavy atom. The molecular formula is C9H12O6. The van der Waals surface area contributed by atoms with E-state index in [0.29, 0.717) is 0 Å². The van der Waals surface area contributed by atoms with Gasteiger partial charge in [-0.1, -0.05) is 0 Å². The van der Waals surface area contributed by atoms with Gasteiger partial charge in [0.2, 0.25) is 5.78 Å². The van der Waals surface area contributed by atoms with E-state index in [1.165, 1.54) is 0 Å². The van der Waals surface area contributed by atoms with Crippen LogP contribution in [0.25, 0.3) is 0 Å². The zero-order valence-corrected chi connectivity index (χ0v) is 8.08. The molecule has 0 heterocycles. The Morgan fingerprint density at radius 1 is 1.53 bits per heavy atom. The third kappa shape index (κ3) is 2.41. The molecule has 3 atom stereocenters. The first-order chi connectivity index (χ1) is 6.97. The summed E-state index contributed by atoms with van der Waals surface area (Å²) in [6, 6.07) is 0. The predicted octanol–water partition coefficient (Wildman–Crippen LogP) is -1.86. The summed E-state index contributed by atoms with van der Waals surface area (Å²) >= 11 is 0. The zero-order valence-electron chi connectivity index (χ0n) is 8.08. The molecule has 0 amide bonds. The fraction of sp³-hybridized carbons (Fsp3) is 0.556. The van der Waals surface area contributed by atoms with E-state index in [1.807, 2.05) is 0 Å². The molecule has 0 saturated carbocycles. The normalized spacial score (nSPS) is 31.1. The first-order valence-corrected chi connectivity index (χ1v) is 4.36. The van der Waals surface area contributed by atoms with E-state index in [1.54, 1.807) is 0 Å². The second-order valence-electron chi connectivity index (χ2n) is 3.23. The van der Waals surface area contributed by atoms with Crippen LogP contribution < -0.4 is 0 Å². The molecule has 0 bridgehead atoms. The lowest BCUT2D eigenvalue weighted by molar-refractivity contribution is -0.163. The Bertz CT molecular complexity index is 308. The summed E-state index contributed by atoms with van der Waals surface area (Å²) in [6.07, 6.45) is -3.21. The first kappa shape index (κ1) is 11.8. The van der Waals surface area contributed by atoms with E-state index >= 15 is 0 Å². The highest BCUT2D eigenvalue weighted by molar-refractivity contribution is 6.01. The molecule has 0 radical (unpaired) electrons. The van der Waals surface area contributed by atoms with Gasteiger partial charge in [-0.2, -0.15) is 0 Å². The van der Waals surface area contributed by atoms with Crippen LogP contribution >= 0.6 is 0 Å². The minimum absolute atomic E-state index is 0.0703. The van der Waals surface area contributed by atoms with E-state index in [0.717, 1.165) is 13.0 Å². The molecule has 1 aliphatic carbocycles. The molecule has 0 saturated heterocycles. The van der Waals surface area contributed by atoms with Gasteiger partial charge in [0.25, 0.3) is 0 Å². The maximum Gasteiger partial charge on any atom is 0.303 e. The Kier molecular flexibility index (Phi) is 3.57. The maximum absolute atomic E-state index is 11.5. The molecule has 1 aliphatic rings. The molecule has 0 aromatic carbocycles. The summed E-state index contributed by atoms with van der Waals surface area (Å²) in [6.45, 7) is 0.518. The number of ketones is 1. The van der Waals surface area contributed by atoms with Crippen LogP contribution in [0, 0.1) is 0 Å². The lowest BCUT2D eigenvalue weighted by Crippen LogP contribution is -2.48. The molecule has 0 aliphatic heterocycles. The lowest BCUT2D eigenvalue weighted by atomic mass is 9.91. The van der Waals surface area contributed by atoms with Gasteiger partial charge in [-0.25, -0.2) is 0 Å². The third-order valence-electron chi connectivity index (χ3n) is 2.07. The predicted molar refractivity (Wildman–Crippen MR) is 47.7 cm³/mol. The Balaban J connectivity index is 2.92. The van der Waals surface area contributed by atoms with E-state index < -0.39 is 36.7 Å². The van der Waals surface area contributed by atoms with Gasteiger partial charge < -0.3 is 20.1 Å². The lowest BCUT2D eigenvalue weighted by Gasteiger charge is -2.28. The van der Waals surface area contributed by atoms with Crippen LogP contribution in [-0.2, 0) is 14.3 Å². The van der Waals surface area contributed by atoms with Crippen LogP contribution in [-0.4, -0.2) is 52.0 Å². The van der Waals surface area contributed by atoms with Crippen molar-refractivity contribution in [3.8, 4) is 0 Å². The van der Waals surface area contributed by atoms with Gasteiger partial charge in [-0.05, 0) is 6.08 Å². The van der Waals surface area contributed by atoms with Gasteiger partial charge in [0, 0.05) is 12.5 Å². The highest BCUT2D eigenvalue weighted by Crippen LogP contribution is 2.18. The summed E-state index contributed by atoms with van der Waals surface area (Å²) in [5, 5.41) is 27.5. The maximum atomic E-state index is 11.5. The molecule has 6 heteroatoms. The molecule has 15 heavy (non-hydrogen) atoms. The topological polar surface area (TPSA) is 104 Å². The quantitative estimate of drug-likeness (QED) is 0.468. The number of carbonyl (C=O) groups is 2. The van der Waals surface area contributed by atoms with Gasteiger partial charge >= 0.3 is 5.97 Å². The highest BCUT2D eigenvalue weighted by atomic mass is 16.6. The van der Waals surface area contributed by atoms with Crippen LogP contribution in [0.5, 0.6) is 0 Å².